The topological polar surface area (TPSA) is 12.0 Å². The van der Waals surface area contributed by atoms with Gasteiger partial charge < -0.3 is 5.32 Å². The molecule has 0 aromatic heterocycles. The highest BCUT2D eigenvalue weighted by atomic mass is 79.9. The zero-order valence-electron chi connectivity index (χ0n) is 11.5. The zero-order valence-corrected chi connectivity index (χ0v) is 13.0. The molecule has 0 heterocycles. The maximum absolute atomic E-state index is 3.77. The van der Waals surface area contributed by atoms with Crippen LogP contribution in [-0.2, 0) is 6.42 Å². The van der Waals surface area contributed by atoms with Crippen molar-refractivity contribution in [1.82, 2.24) is 5.32 Å². The Morgan fingerprint density at radius 1 is 1.17 bits per heavy atom. The minimum absolute atomic E-state index is 0.557. The van der Waals surface area contributed by atoms with Gasteiger partial charge >= 0.3 is 0 Å². The molecular formula is C16H24BrN. The van der Waals surface area contributed by atoms with E-state index in [1.54, 1.807) is 0 Å². The van der Waals surface area contributed by atoms with Gasteiger partial charge in [-0.3, -0.25) is 0 Å². The summed E-state index contributed by atoms with van der Waals surface area (Å²) in [6, 6.07) is 9.90. The fourth-order valence-corrected chi connectivity index (χ4v) is 3.34. The fraction of sp³-hybridized carbons (Fsp3) is 0.625. The number of benzene rings is 1. The quantitative estimate of drug-likeness (QED) is 0.841. The third kappa shape index (κ3) is 4.10. The van der Waals surface area contributed by atoms with Crippen LogP contribution in [0, 0.1) is 5.92 Å². The monoisotopic (exact) mass is 309 g/mol. The molecule has 1 aliphatic carbocycles. The van der Waals surface area contributed by atoms with E-state index in [1.807, 2.05) is 0 Å². The van der Waals surface area contributed by atoms with E-state index >= 15 is 0 Å². The predicted molar refractivity (Wildman–Crippen MR) is 81.9 cm³/mol. The molecular weight excluding hydrogens is 286 g/mol. The average Bonchev–Trinajstić information content (AvgIpc) is 2.85. The van der Waals surface area contributed by atoms with E-state index in [0.29, 0.717) is 12.1 Å². The summed E-state index contributed by atoms with van der Waals surface area (Å²) < 4.78 is 1.16. The van der Waals surface area contributed by atoms with Crippen LogP contribution in [0.25, 0.3) is 0 Å². The van der Waals surface area contributed by atoms with Gasteiger partial charge in [-0.2, -0.15) is 0 Å². The molecule has 1 saturated carbocycles. The van der Waals surface area contributed by atoms with Crippen LogP contribution in [0.4, 0.5) is 0 Å². The second-order valence-electron chi connectivity index (χ2n) is 5.73. The van der Waals surface area contributed by atoms with Crippen LogP contribution in [0.5, 0.6) is 0 Å². The molecule has 1 aliphatic rings. The molecule has 0 radical (unpaired) electrons. The molecule has 0 amide bonds. The lowest BCUT2D eigenvalue weighted by molar-refractivity contribution is 0.348. The van der Waals surface area contributed by atoms with Gasteiger partial charge in [-0.05, 0) is 56.7 Å². The van der Waals surface area contributed by atoms with Crippen LogP contribution in [0.15, 0.2) is 28.7 Å². The van der Waals surface area contributed by atoms with Crippen LogP contribution < -0.4 is 5.32 Å². The minimum atomic E-state index is 0.557. The Hall–Kier alpha value is -0.340. The summed E-state index contributed by atoms with van der Waals surface area (Å²) >= 11 is 3.48. The van der Waals surface area contributed by atoms with E-state index in [4.69, 9.17) is 0 Å². The zero-order chi connectivity index (χ0) is 13.0. The highest BCUT2D eigenvalue weighted by molar-refractivity contribution is 9.10. The molecule has 1 nitrogen and oxygen atoms in total. The molecule has 0 saturated heterocycles. The van der Waals surface area contributed by atoms with Crippen molar-refractivity contribution in [3.05, 3.63) is 34.3 Å². The van der Waals surface area contributed by atoms with Crippen LogP contribution >= 0.6 is 15.9 Å². The Morgan fingerprint density at radius 3 is 2.39 bits per heavy atom. The van der Waals surface area contributed by atoms with E-state index in [9.17, 15) is 0 Å². The highest BCUT2D eigenvalue weighted by Crippen LogP contribution is 2.27. The van der Waals surface area contributed by atoms with Crippen LogP contribution in [0.3, 0.4) is 0 Å². The van der Waals surface area contributed by atoms with Crippen molar-refractivity contribution in [1.29, 1.82) is 0 Å². The molecule has 100 valence electrons. The van der Waals surface area contributed by atoms with Gasteiger partial charge in [0.25, 0.3) is 0 Å². The van der Waals surface area contributed by atoms with Gasteiger partial charge in [-0.15, -0.1) is 0 Å². The Labute approximate surface area is 119 Å². The second kappa shape index (κ2) is 6.72. The summed E-state index contributed by atoms with van der Waals surface area (Å²) in [5, 5.41) is 3.77. The minimum Gasteiger partial charge on any atom is -0.311 e. The maximum Gasteiger partial charge on any atom is 0.0175 e. The second-order valence-corrected chi connectivity index (χ2v) is 6.65. The molecule has 2 rings (SSSR count). The molecule has 1 fully saturated rings. The van der Waals surface area contributed by atoms with E-state index in [2.05, 4.69) is 59.4 Å². The van der Waals surface area contributed by atoms with Gasteiger partial charge in [0.2, 0.25) is 0 Å². The van der Waals surface area contributed by atoms with Gasteiger partial charge in [0.05, 0.1) is 0 Å². The van der Waals surface area contributed by atoms with Crippen molar-refractivity contribution in [2.45, 2.75) is 58.0 Å². The van der Waals surface area contributed by atoms with E-state index in [0.717, 1.165) is 16.8 Å². The van der Waals surface area contributed by atoms with Crippen molar-refractivity contribution >= 4 is 15.9 Å². The summed E-state index contributed by atoms with van der Waals surface area (Å²) in [6.07, 6.45) is 6.80. The van der Waals surface area contributed by atoms with Crippen molar-refractivity contribution < 1.29 is 0 Å². The van der Waals surface area contributed by atoms with Crippen LogP contribution in [0.2, 0.25) is 0 Å². The third-order valence-corrected chi connectivity index (χ3v) is 4.64. The van der Waals surface area contributed by atoms with Crippen molar-refractivity contribution in [3.63, 3.8) is 0 Å². The van der Waals surface area contributed by atoms with E-state index < -0.39 is 0 Å². The van der Waals surface area contributed by atoms with Crippen LogP contribution in [-0.4, -0.2) is 12.1 Å². The Kier molecular flexibility index (Phi) is 5.25. The maximum atomic E-state index is 3.77. The molecule has 0 spiro atoms. The first-order valence-corrected chi connectivity index (χ1v) is 7.95. The van der Waals surface area contributed by atoms with Gasteiger partial charge in [-0.25, -0.2) is 0 Å². The first-order valence-electron chi connectivity index (χ1n) is 7.15. The Morgan fingerprint density at radius 2 is 1.78 bits per heavy atom. The lowest BCUT2D eigenvalue weighted by Gasteiger charge is -2.25. The van der Waals surface area contributed by atoms with Crippen molar-refractivity contribution in [2.24, 2.45) is 5.92 Å². The van der Waals surface area contributed by atoms with E-state index in [-0.39, 0.29) is 0 Å². The number of hydrogen-bond acceptors (Lipinski definition) is 1. The summed E-state index contributed by atoms with van der Waals surface area (Å²) in [4.78, 5) is 0. The summed E-state index contributed by atoms with van der Waals surface area (Å²) in [6.45, 7) is 4.65. The van der Waals surface area contributed by atoms with Gasteiger partial charge in [-0.1, -0.05) is 40.9 Å². The lowest BCUT2D eigenvalue weighted by atomic mass is 9.98. The smallest absolute Gasteiger partial charge is 0.0175 e. The molecule has 1 aromatic carbocycles. The third-order valence-electron chi connectivity index (χ3n) is 4.11. The largest absolute Gasteiger partial charge is 0.311 e. The summed E-state index contributed by atoms with van der Waals surface area (Å²) in [5.41, 5.74) is 1.41. The summed E-state index contributed by atoms with van der Waals surface area (Å²) in [5.74, 6) is 0.900. The number of nitrogens with one attached hydrogen (secondary N) is 1. The van der Waals surface area contributed by atoms with E-state index in [1.165, 1.54) is 31.2 Å². The van der Waals surface area contributed by atoms with Crippen molar-refractivity contribution in [3.8, 4) is 0 Å². The Bertz CT molecular complexity index is 354. The summed E-state index contributed by atoms with van der Waals surface area (Å²) in [7, 11) is 0. The molecule has 1 aromatic rings. The highest BCUT2D eigenvalue weighted by Gasteiger charge is 2.22. The molecule has 0 aliphatic heterocycles. The lowest BCUT2D eigenvalue weighted by Crippen LogP contribution is -2.39. The average molecular weight is 310 g/mol. The molecule has 2 heteroatoms. The van der Waals surface area contributed by atoms with Gasteiger partial charge in [0.1, 0.15) is 0 Å². The van der Waals surface area contributed by atoms with Gasteiger partial charge in [0, 0.05) is 16.6 Å². The first-order chi connectivity index (χ1) is 8.65. The standard InChI is InChI=1S/C16H24BrN/c1-12(11-14-7-9-16(17)10-8-14)18-13(2)15-5-3-4-6-15/h7-10,12-13,15,18H,3-6,11H2,1-2H3. The molecule has 18 heavy (non-hydrogen) atoms. The van der Waals surface area contributed by atoms with Crippen LogP contribution in [0.1, 0.15) is 45.1 Å². The molecule has 2 atom stereocenters. The number of halogens is 1. The van der Waals surface area contributed by atoms with Gasteiger partial charge in [0.15, 0.2) is 0 Å². The number of rotatable bonds is 5. The Balaban J connectivity index is 1.80. The predicted octanol–water partition coefficient (Wildman–Crippen LogP) is 4.55. The molecule has 1 N–H and O–H groups in total. The number of hydrogen-bond donors (Lipinski definition) is 1. The first kappa shape index (κ1) is 14.1. The normalized spacial score (nSPS) is 19.9. The van der Waals surface area contributed by atoms with Crippen molar-refractivity contribution in [2.75, 3.05) is 0 Å². The fourth-order valence-electron chi connectivity index (χ4n) is 3.08. The SMILES string of the molecule is CC(Cc1ccc(Br)cc1)NC(C)C1CCCC1. The molecule has 2 unspecified atom stereocenters. The molecule has 0 bridgehead atoms.